The number of carboxylic acids is 1. The summed E-state index contributed by atoms with van der Waals surface area (Å²) in [6.45, 7) is 0. The summed E-state index contributed by atoms with van der Waals surface area (Å²) in [5, 5.41) is 37.1. The van der Waals surface area contributed by atoms with Gasteiger partial charge in [-0.1, -0.05) is 5.16 Å². The SMILES string of the molecule is N=C(SCCC(=O)O)/C(=N\O)C(=NC1=CC(Br)=C(F)CC1)NO. The molecule has 0 bridgehead atoms. The summed E-state index contributed by atoms with van der Waals surface area (Å²) in [6, 6.07) is 0. The van der Waals surface area contributed by atoms with Crippen molar-refractivity contribution in [3.63, 3.8) is 0 Å². The number of nitrogens with one attached hydrogen (secondary N) is 2. The van der Waals surface area contributed by atoms with Crippen LogP contribution >= 0.6 is 27.7 Å². The van der Waals surface area contributed by atoms with Crippen LogP contribution in [0.25, 0.3) is 0 Å². The third-order valence-corrected chi connectivity index (χ3v) is 4.17. The van der Waals surface area contributed by atoms with E-state index >= 15 is 0 Å². The quantitative estimate of drug-likeness (QED) is 0.198. The standard InChI is InChI=1S/C12H14BrFN4O4S/c13-7-5-6(1-2-8(7)14)16-12(18-22)10(17-21)11(15)23-4-3-9(19)20/h5,15,21-22H,1-4H2,(H,16,18)(H,19,20)/b15-11?,17-10+. The number of nitrogens with zero attached hydrogens (tertiary/aromatic N) is 2. The first-order valence-electron chi connectivity index (χ1n) is 6.28. The van der Waals surface area contributed by atoms with Crippen LogP contribution in [0.1, 0.15) is 19.3 Å². The fraction of sp³-hybridized carbons (Fsp3) is 0.333. The van der Waals surface area contributed by atoms with Crippen LogP contribution in [0.2, 0.25) is 0 Å². The number of thioether (sulfide) groups is 1. The average molecular weight is 409 g/mol. The van der Waals surface area contributed by atoms with Gasteiger partial charge in [0.15, 0.2) is 11.5 Å². The number of aliphatic imine (C=N–C) groups is 1. The van der Waals surface area contributed by atoms with Crippen molar-refractivity contribution in [2.75, 3.05) is 5.75 Å². The van der Waals surface area contributed by atoms with Gasteiger partial charge in [-0.15, -0.1) is 11.8 Å². The van der Waals surface area contributed by atoms with Crippen molar-refractivity contribution in [1.82, 2.24) is 5.48 Å². The molecule has 1 rings (SSSR count). The highest BCUT2D eigenvalue weighted by Crippen LogP contribution is 2.29. The largest absolute Gasteiger partial charge is 0.481 e. The highest BCUT2D eigenvalue weighted by Gasteiger charge is 2.19. The van der Waals surface area contributed by atoms with Crippen molar-refractivity contribution in [2.45, 2.75) is 19.3 Å². The lowest BCUT2D eigenvalue weighted by Gasteiger charge is -2.12. The molecule has 1 aliphatic carbocycles. The van der Waals surface area contributed by atoms with E-state index in [1.165, 1.54) is 6.08 Å². The lowest BCUT2D eigenvalue weighted by atomic mass is 10.1. The number of aliphatic carboxylic acids is 1. The smallest absolute Gasteiger partial charge is 0.304 e. The topological polar surface area (TPSA) is 138 Å². The first kappa shape index (κ1) is 19.3. The molecule has 8 nitrogen and oxygen atoms in total. The Hall–Kier alpha value is -1.72. The Bertz CT molecular complexity index is 618. The molecule has 0 spiro atoms. The van der Waals surface area contributed by atoms with Crippen molar-refractivity contribution in [2.24, 2.45) is 10.1 Å². The van der Waals surface area contributed by atoms with E-state index in [1.54, 1.807) is 5.48 Å². The summed E-state index contributed by atoms with van der Waals surface area (Å²) in [7, 11) is 0. The maximum atomic E-state index is 13.3. The molecule has 0 heterocycles. The van der Waals surface area contributed by atoms with Crippen molar-refractivity contribution in [3.8, 4) is 0 Å². The summed E-state index contributed by atoms with van der Waals surface area (Å²) < 4.78 is 13.5. The van der Waals surface area contributed by atoms with Crippen LogP contribution in [0.5, 0.6) is 0 Å². The Morgan fingerprint density at radius 2 is 2.22 bits per heavy atom. The third-order valence-electron chi connectivity index (χ3n) is 2.62. The zero-order valence-corrected chi connectivity index (χ0v) is 14.1. The molecule has 126 valence electrons. The molecule has 0 aromatic rings. The Kier molecular flexibility index (Phi) is 7.92. The molecule has 23 heavy (non-hydrogen) atoms. The highest BCUT2D eigenvalue weighted by molar-refractivity contribution is 9.11. The van der Waals surface area contributed by atoms with Crippen LogP contribution in [-0.4, -0.2) is 43.8 Å². The number of carboxylic acid groups (broad SMARTS) is 1. The number of halogens is 2. The first-order chi connectivity index (χ1) is 10.9. The van der Waals surface area contributed by atoms with Gasteiger partial charge in [0.1, 0.15) is 10.9 Å². The fourth-order valence-corrected chi connectivity index (χ4v) is 2.74. The molecular weight excluding hydrogens is 395 g/mol. The van der Waals surface area contributed by atoms with E-state index < -0.39 is 5.97 Å². The third kappa shape index (κ3) is 6.12. The molecule has 0 saturated carbocycles. The predicted molar refractivity (Wildman–Crippen MR) is 88.4 cm³/mol. The van der Waals surface area contributed by atoms with E-state index in [4.69, 9.17) is 20.9 Å². The molecule has 1 aliphatic rings. The minimum Gasteiger partial charge on any atom is -0.481 e. The molecule has 0 aromatic carbocycles. The number of carbonyl (C=O) groups is 1. The molecule has 5 N–H and O–H groups in total. The zero-order valence-electron chi connectivity index (χ0n) is 11.7. The monoisotopic (exact) mass is 408 g/mol. The second-order valence-corrected chi connectivity index (χ2v) is 6.19. The number of oxime groups is 1. The molecule has 0 fully saturated rings. The van der Waals surface area contributed by atoms with Gasteiger partial charge in [0, 0.05) is 17.9 Å². The van der Waals surface area contributed by atoms with Crippen LogP contribution < -0.4 is 5.48 Å². The molecule has 11 heteroatoms. The Labute approximate surface area is 143 Å². The van der Waals surface area contributed by atoms with Gasteiger partial charge in [-0.05, 0) is 28.4 Å². The number of hydrogen-bond acceptors (Lipinski definition) is 7. The van der Waals surface area contributed by atoms with Gasteiger partial charge in [-0.25, -0.2) is 9.38 Å². The van der Waals surface area contributed by atoms with E-state index in [0.29, 0.717) is 5.70 Å². The van der Waals surface area contributed by atoms with Crippen LogP contribution in [0, 0.1) is 5.41 Å². The minimum atomic E-state index is -1.02. The minimum absolute atomic E-state index is 0.0914. The van der Waals surface area contributed by atoms with Crippen LogP contribution in [0.4, 0.5) is 4.39 Å². The van der Waals surface area contributed by atoms with Gasteiger partial charge >= 0.3 is 5.97 Å². The van der Waals surface area contributed by atoms with E-state index in [2.05, 4.69) is 26.1 Å². The van der Waals surface area contributed by atoms with Crippen LogP contribution in [-0.2, 0) is 4.79 Å². The average Bonchev–Trinajstić information content (AvgIpc) is 2.50. The molecular formula is C12H14BrFN4O4S. The van der Waals surface area contributed by atoms with Gasteiger partial charge in [0.25, 0.3) is 0 Å². The van der Waals surface area contributed by atoms with Crippen molar-refractivity contribution in [1.29, 1.82) is 5.41 Å². The second kappa shape index (κ2) is 9.43. The number of rotatable bonds is 6. The van der Waals surface area contributed by atoms with Gasteiger partial charge < -0.3 is 10.3 Å². The number of allylic oxidation sites excluding steroid dienone is 4. The summed E-state index contributed by atoms with van der Waals surface area (Å²) in [4.78, 5) is 14.4. The molecule has 0 aromatic heterocycles. The zero-order chi connectivity index (χ0) is 17.4. The Morgan fingerprint density at radius 3 is 2.74 bits per heavy atom. The summed E-state index contributed by atoms with van der Waals surface area (Å²) in [5.74, 6) is -1.55. The number of hydrogen-bond donors (Lipinski definition) is 5. The number of amidine groups is 1. The lowest BCUT2D eigenvalue weighted by molar-refractivity contribution is -0.136. The van der Waals surface area contributed by atoms with Crippen LogP contribution in [0.3, 0.4) is 0 Å². The number of hydroxylamine groups is 1. The maximum absolute atomic E-state index is 13.3. The Balaban J connectivity index is 2.89. The molecule has 0 radical (unpaired) electrons. The van der Waals surface area contributed by atoms with Gasteiger partial charge in [0.05, 0.1) is 10.9 Å². The van der Waals surface area contributed by atoms with Crippen molar-refractivity contribution >= 4 is 50.3 Å². The highest BCUT2D eigenvalue weighted by atomic mass is 79.9. The Morgan fingerprint density at radius 1 is 1.52 bits per heavy atom. The molecule has 0 amide bonds. The van der Waals surface area contributed by atoms with Gasteiger partial charge in [-0.2, -0.15) is 0 Å². The van der Waals surface area contributed by atoms with Gasteiger partial charge in [-0.3, -0.25) is 20.9 Å². The van der Waals surface area contributed by atoms with E-state index in [9.17, 15) is 9.18 Å². The van der Waals surface area contributed by atoms with Gasteiger partial charge in [0.2, 0.25) is 0 Å². The fourth-order valence-electron chi connectivity index (χ4n) is 1.53. The summed E-state index contributed by atoms with van der Waals surface area (Å²) in [6.07, 6.45) is 1.63. The van der Waals surface area contributed by atoms with Crippen molar-refractivity contribution in [3.05, 3.63) is 22.1 Å². The van der Waals surface area contributed by atoms with E-state index in [1.807, 2.05) is 0 Å². The second-order valence-electron chi connectivity index (χ2n) is 4.23. The first-order valence-corrected chi connectivity index (χ1v) is 8.06. The normalized spacial score (nSPS) is 16.2. The molecule has 0 saturated heterocycles. The molecule has 0 unspecified atom stereocenters. The van der Waals surface area contributed by atoms with Crippen LogP contribution in [0.15, 0.2) is 32.2 Å². The molecule has 0 aliphatic heterocycles. The maximum Gasteiger partial charge on any atom is 0.304 e. The van der Waals surface area contributed by atoms with E-state index in [-0.39, 0.29) is 51.9 Å². The molecule has 0 atom stereocenters. The summed E-state index contributed by atoms with van der Waals surface area (Å²) in [5.41, 5.74) is 1.78. The van der Waals surface area contributed by atoms with E-state index in [0.717, 1.165) is 11.8 Å². The summed E-state index contributed by atoms with van der Waals surface area (Å²) >= 11 is 3.86. The predicted octanol–water partition coefficient (Wildman–Crippen LogP) is 2.63. The lowest BCUT2D eigenvalue weighted by Crippen LogP contribution is -2.33. The van der Waals surface area contributed by atoms with Crippen molar-refractivity contribution < 1.29 is 24.7 Å².